The Balaban J connectivity index is 1.88. The van der Waals surface area contributed by atoms with E-state index >= 15 is 0 Å². The first-order valence-corrected chi connectivity index (χ1v) is 7.77. The standard InChI is InChI=1S/C16H23N3O4/c1-17-9-6-13(12-17)16(22)19-8-3-7-18(10-11-19)14(20)4-5-15(21)23-2/h6,9,12H,3-5,7-8,10-11H2,1-2H3. The maximum absolute atomic E-state index is 12.4. The summed E-state index contributed by atoms with van der Waals surface area (Å²) in [7, 11) is 3.19. The molecule has 0 aliphatic carbocycles. The number of ether oxygens (including phenoxy) is 1. The number of nitrogens with zero attached hydrogens (tertiary/aromatic N) is 3. The maximum Gasteiger partial charge on any atom is 0.306 e. The molecule has 0 spiro atoms. The van der Waals surface area contributed by atoms with Gasteiger partial charge in [-0.3, -0.25) is 14.4 Å². The van der Waals surface area contributed by atoms with Gasteiger partial charge in [0, 0.05) is 52.0 Å². The van der Waals surface area contributed by atoms with Gasteiger partial charge in [-0.05, 0) is 12.5 Å². The number of aryl methyl sites for hydroxylation is 1. The summed E-state index contributed by atoms with van der Waals surface area (Å²) in [5.41, 5.74) is 0.665. The third kappa shape index (κ3) is 4.58. The highest BCUT2D eigenvalue weighted by molar-refractivity contribution is 5.94. The molecular weight excluding hydrogens is 298 g/mol. The fourth-order valence-corrected chi connectivity index (χ4v) is 2.65. The molecule has 1 aliphatic rings. The van der Waals surface area contributed by atoms with E-state index in [4.69, 9.17) is 0 Å². The van der Waals surface area contributed by atoms with Crippen LogP contribution >= 0.6 is 0 Å². The molecule has 1 saturated heterocycles. The molecule has 0 radical (unpaired) electrons. The number of esters is 1. The Labute approximate surface area is 135 Å². The van der Waals surface area contributed by atoms with Crippen LogP contribution in [0.4, 0.5) is 0 Å². The number of hydrogen-bond donors (Lipinski definition) is 0. The first-order chi connectivity index (χ1) is 11.0. The number of methoxy groups -OCH3 is 1. The minimum absolute atomic E-state index is 0.00513. The van der Waals surface area contributed by atoms with Gasteiger partial charge in [-0.25, -0.2) is 0 Å². The number of carbonyl (C=O) groups is 3. The Kier molecular flexibility index (Phi) is 5.78. The molecule has 0 atom stereocenters. The molecule has 0 unspecified atom stereocenters. The van der Waals surface area contributed by atoms with Crippen LogP contribution in [-0.2, 0) is 21.4 Å². The van der Waals surface area contributed by atoms with E-state index in [9.17, 15) is 14.4 Å². The van der Waals surface area contributed by atoms with Crippen molar-refractivity contribution in [3.63, 3.8) is 0 Å². The van der Waals surface area contributed by atoms with Gasteiger partial charge in [0.2, 0.25) is 5.91 Å². The van der Waals surface area contributed by atoms with Crippen molar-refractivity contribution in [3.8, 4) is 0 Å². The monoisotopic (exact) mass is 321 g/mol. The topological polar surface area (TPSA) is 71.9 Å². The molecule has 2 heterocycles. The summed E-state index contributed by atoms with van der Waals surface area (Å²) in [5, 5.41) is 0. The van der Waals surface area contributed by atoms with E-state index in [2.05, 4.69) is 4.74 Å². The van der Waals surface area contributed by atoms with Gasteiger partial charge in [0.25, 0.3) is 5.91 Å². The van der Waals surface area contributed by atoms with Crippen molar-refractivity contribution < 1.29 is 19.1 Å². The molecule has 1 aromatic heterocycles. The fraction of sp³-hybridized carbons (Fsp3) is 0.562. The predicted molar refractivity (Wildman–Crippen MR) is 83.8 cm³/mol. The molecular formula is C16H23N3O4. The summed E-state index contributed by atoms with van der Waals surface area (Å²) >= 11 is 0. The third-order valence-corrected chi connectivity index (χ3v) is 3.99. The average Bonchev–Trinajstić information content (AvgIpc) is 2.84. The van der Waals surface area contributed by atoms with Crippen molar-refractivity contribution in [1.82, 2.24) is 14.4 Å². The normalized spacial score (nSPS) is 15.2. The fourth-order valence-electron chi connectivity index (χ4n) is 2.65. The molecule has 7 heteroatoms. The van der Waals surface area contributed by atoms with Gasteiger partial charge >= 0.3 is 5.97 Å². The van der Waals surface area contributed by atoms with Crippen LogP contribution in [0.3, 0.4) is 0 Å². The van der Waals surface area contributed by atoms with Gasteiger partial charge in [0.1, 0.15) is 0 Å². The van der Waals surface area contributed by atoms with Crippen LogP contribution in [0.2, 0.25) is 0 Å². The van der Waals surface area contributed by atoms with E-state index in [1.165, 1.54) is 7.11 Å². The highest BCUT2D eigenvalue weighted by Gasteiger charge is 2.23. The zero-order valence-electron chi connectivity index (χ0n) is 13.7. The van der Waals surface area contributed by atoms with E-state index in [1.54, 1.807) is 22.1 Å². The summed E-state index contributed by atoms with van der Waals surface area (Å²) in [6.45, 7) is 2.25. The molecule has 23 heavy (non-hydrogen) atoms. The van der Waals surface area contributed by atoms with E-state index in [0.717, 1.165) is 6.42 Å². The molecule has 0 aromatic carbocycles. The zero-order valence-corrected chi connectivity index (χ0v) is 13.7. The lowest BCUT2D eigenvalue weighted by Gasteiger charge is -2.22. The number of aromatic nitrogens is 1. The van der Waals surface area contributed by atoms with Crippen molar-refractivity contribution in [2.24, 2.45) is 7.05 Å². The average molecular weight is 321 g/mol. The molecule has 0 bridgehead atoms. The molecule has 2 rings (SSSR count). The molecule has 1 aliphatic heterocycles. The number of carbonyl (C=O) groups excluding carboxylic acids is 3. The van der Waals surface area contributed by atoms with Crippen molar-refractivity contribution >= 4 is 17.8 Å². The second-order valence-corrected chi connectivity index (χ2v) is 5.67. The Bertz CT molecular complexity index is 582. The van der Waals surface area contributed by atoms with Gasteiger partial charge < -0.3 is 19.1 Å². The molecule has 7 nitrogen and oxygen atoms in total. The lowest BCUT2D eigenvalue weighted by Crippen LogP contribution is -2.37. The lowest BCUT2D eigenvalue weighted by atomic mass is 10.2. The number of rotatable bonds is 4. The molecule has 1 aromatic rings. The number of amides is 2. The van der Waals surface area contributed by atoms with E-state index in [1.807, 2.05) is 17.8 Å². The van der Waals surface area contributed by atoms with Crippen LogP contribution in [0.1, 0.15) is 29.6 Å². The van der Waals surface area contributed by atoms with Crippen molar-refractivity contribution in [2.45, 2.75) is 19.3 Å². The molecule has 2 amide bonds. The SMILES string of the molecule is COC(=O)CCC(=O)N1CCCN(C(=O)c2ccn(C)c2)CC1. The highest BCUT2D eigenvalue weighted by Crippen LogP contribution is 2.11. The second-order valence-electron chi connectivity index (χ2n) is 5.67. The minimum Gasteiger partial charge on any atom is -0.469 e. The summed E-state index contributed by atoms with van der Waals surface area (Å²) in [6, 6.07) is 1.80. The van der Waals surface area contributed by atoms with Gasteiger partial charge in [-0.2, -0.15) is 0 Å². The van der Waals surface area contributed by atoms with Crippen molar-refractivity contribution in [3.05, 3.63) is 24.0 Å². The van der Waals surface area contributed by atoms with Gasteiger partial charge in [0.15, 0.2) is 0 Å². The zero-order chi connectivity index (χ0) is 16.8. The van der Waals surface area contributed by atoms with E-state index in [0.29, 0.717) is 31.7 Å². The Morgan fingerprint density at radius 2 is 1.78 bits per heavy atom. The molecule has 126 valence electrons. The third-order valence-electron chi connectivity index (χ3n) is 3.99. The lowest BCUT2D eigenvalue weighted by molar-refractivity contribution is -0.143. The number of hydrogen-bond acceptors (Lipinski definition) is 4. The molecule has 0 saturated carbocycles. The minimum atomic E-state index is -0.381. The first-order valence-electron chi connectivity index (χ1n) is 7.77. The molecule has 0 N–H and O–H groups in total. The smallest absolute Gasteiger partial charge is 0.306 e. The molecule has 1 fully saturated rings. The van der Waals surface area contributed by atoms with Gasteiger partial charge in [-0.1, -0.05) is 0 Å². The van der Waals surface area contributed by atoms with Crippen LogP contribution in [0.25, 0.3) is 0 Å². The predicted octanol–water partition coefficient (Wildman–Crippen LogP) is 0.653. The van der Waals surface area contributed by atoms with Crippen LogP contribution < -0.4 is 0 Å². The Hall–Kier alpha value is -2.31. The second kappa shape index (κ2) is 7.80. The van der Waals surface area contributed by atoms with Gasteiger partial charge in [0.05, 0.1) is 19.1 Å². The Morgan fingerprint density at radius 1 is 1.09 bits per heavy atom. The summed E-state index contributed by atoms with van der Waals surface area (Å²) in [6.07, 6.45) is 4.63. The Morgan fingerprint density at radius 3 is 2.43 bits per heavy atom. The van der Waals surface area contributed by atoms with E-state index < -0.39 is 0 Å². The summed E-state index contributed by atoms with van der Waals surface area (Å²) < 4.78 is 6.39. The summed E-state index contributed by atoms with van der Waals surface area (Å²) in [5.74, 6) is -0.451. The largest absolute Gasteiger partial charge is 0.469 e. The first kappa shape index (κ1) is 17.1. The van der Waals surface area contributed by atoms with Crippen molar-refractivity contribution in [1.29, 1.82) is 0 Å². The van der Waals surface area contributed by atoms with Crippen LogP contribution in [-0.4, -0.2) is 65.4 Å². The maximum atomic E-state index is 12.4. The van der Waals surface area contributed by atoms with Crippen molar-refractivity contribution in [2.75, 3.05) is 33.3 Å². The van der Waals surface area contributed by atoms with Crippen LogP contribution in [0.15, 0.2) is 18.5 Å². The van der Waals surface area contributed by atoms with Crippen LogP contribution in [0.5, 0.6) is 0 Å². The van der Waals surface area contributed by atoms with Crippen LogP contribution in [0, 0.1) is 0 Å². The van der Waals surface area contributed by atoms with E-state index in [-0.39, 0.29) is 30.6 Å². The quantitative estimate of drug-likeness (QED) is 0.764. The summed E-state index contributed by atoms with van der Waals surface area (Å²) in [4.78, 5) is 39.2. The highest BCUT2D eigenvalue weighted by atomic mass is 16.5. The van der Waals surface area contributed by atoms with Gasteiger partial charge in [-0.15, -0.1) is 0 Å².